The second-order valence-corrected chi connectivity index (χ2v) is 12.4. The Hall–Kier alpha value is -3.15. The van der Waals surface area contributed by atoms with Crippen molar-refractivity contribution in [3.63, 3.8) is 0 Å². The maximum atomic E-state index is 12.7. The number of nitrogens with zero attached hydrogens (tertiary/aromatic N) is 1. The molecule has 0 aliphatic heterocycles. The predicted octanol–water partition coefficient (Wildman–Crippen LogP) is 11.2. The van der Waals surface area contributed by atoms with E-state index in [9.17, 15) is 9.59 Å². The summed E-state index contributed by atoms with van der Waals surface area (Å²) in [6, 6.07) is 12.2. The molecule has 0 fully saturated rings. The van der Waals surface area contributed by atoms with Crippen LogP contribution in [-0.2, 0) is 4.74 Å². The van der Waals surface area contributed by atoms with E-state index in [1.54, 1.807) is 18.2 Å². The van der Waals surface area contributed by atoms with Crippen LogP contribution >= 0.6 is 0 Å². The van der Waals surface area contributed by atoms with Crippen LogP contribution in [0.15, 0.2) is 51.7 Å². The molecule has 3 aromatic rings. The standard InChI is InChI=1S/C39H57NO5/c1-3-5-7-9-11-13-15-17-19-21-29-43-34-26-23-32(24-27-34)37-40-36-31-33(25-28-35(36)39(42)45-37)38(41)44-30-22-20-18-16-14-12-10-8-6-4-2/h23-28,31H,3-22,29-30H2,1-2H3. The first-order chi connectivity index (χ1) is 22.1. The van der Waals surface area contributed by atoms with E-state index >= 15 is 0 Å². The van der Waals surface area contributed by atoms with Gasteiger partial charge in [-0.2, -0.15) is 0 Å². The lowest BCUT2D eigenvalue weighted by Gasteiger charge is -2.08. The average Bonchev–Trinajstić information content (AvgIpc) is 3.06. The van der Waals surface area contributed by atoms with Gasteiger partial charge >= 0.3 is 11.6 Å². The molecule has 0 saturated heterocycles. The Bertz CT molecular complexity index is 1280. The molecular weight excluding hydrogens is 562 g/mol. The van der Waals surface area contributed by atoms with Gasteiger partial charge in [-0.25, -0.2) is 14.6 Å². The summed E-state index contributed by atoms with van der Waals surface area (Å²) in [5, 5.41) is 0.335. The topological polar surface area (TPSA) is 78.6 Å². The zero-order valence-corrected chi connectivity index (χ0v) is 28.1. The highest BCUT2D eigenvalue weighted by atomic mass is 16.5. The second kappa shape index (κ2) is 22.4. The molecule has 0 radical (unpaired) electrons. The first-order valence-electron chi connectivity index (χ1n) is 18.0. The average molecular weight is 620 g/mol. The van der Waals surface area contributed by atoms with Gasteiger partial charge in [0.05, 0.1) is 29.7 Å². The first-order valence-corrected chi connectivity index (χ1v) is 18.0. The Morgan fingerprint density at radius 1 is 0.644 bits per heavy atom. The van der Waals surface area contributed by atoms with Gasteiger partial charge in [0.15, 0.2) is 0 Å². The number of aromatic nitrogens is 1. The molecule has 2 aromatic carbocycles. The van der Waals surface area contributed by atoms with Crippen LogP contribution < -0.4 is 10.4 Å². The number of esters is 1. The molecule has 1 heterocycles. The number of carbonyl (C=O) groups is 1. The molecule has 6 heteroatoms. The van der Waals surface area contributed by atoms with Crippen LogP contribution in [-0.4, -0.2) is 24.2 Å². The van der Waals surface area contributed by atoms with Crippen molar-refractivity contribution in [3.05, 3.63) is 58.4 Å². The maximum absolute atomic E-state index is 12.7. The fourth-order valence-corrected chi connectivity index (χ4v) is 5.63. The third-order valence-corrected chi connectivity index (χ3v) is 8.46. The zero-order valence-electron chi connectivity index (χ0n) is 28.1. The molecule has 0 N–H and O–H groups in total. The smallest absolute Gasteiger partial charge is 0.347 e. The Morgan fingerprint density at radius 2 is 1.16 bits per heavy atom. The Kier molecular flexibility index (Phi) is 18.1. The molecule has 6 nitrogen and oxygen atoms in total. The van der Waals surface area contributed by atoms with Gasteiger partial charge in [0.2, 0.25) is 5.89 Å². The van der Waals surface area contributed by atoms with Gasteiger partial charge in [-0.3, -0.25) is 0 Å². The summed E-state index contributed by atoms with van der Waals surface area (Å²) in [7, 11) is 0. The van der Waals surface area contributed by atoms with Crippen molar-refractivity contribution < 1.29 is 18.7 Å². The van der Waals surface area contributed by atoms with E-state index in [-0.39, 0.29) is 5.89 Å². The van der Waals surface area contributed by atoms with Crippen molar-refractivity contribution >= 4 is 16.9 Å². The molecule has 0 atom stereocenters. The predicted molar refractivity (Wildman–Crippen MR) is 185 cm³/mol. The summed E-state index contributed by atoms with van der Waals surface area (Å²) < 4.78 is 16.9. The molecule has 1 aromatic heterocycles. The Morgan fingerprint density at radius 3 is 1.71 bits per heavy atom. The lowest BCUT2D eigenvalue weighted by atomic mass is 10.1. The third-order valence-electron chi connectivity index (χ3n) is 8.46. The van der Waals surface area contributed by atoms with Crippen LogP contribution in [0.1, 0.15) is 153 Å². The van der Waals surface area contributed by atoms with Gasteiger partial charge in [0.25, 0.3) is 0 Å². The molecule has 248 valence electrons. The van der Waals surface area contributed by atoms with Crippen LogP contribution in [0, 0.1) is 0 Å². The van der Waals surface area contributed by atoms with Crippen LogP contribution in [0.2, 0.25) is 0 Å². The van der Waals surface area contributed by atoms with Crippen LogP contribution in [0.5, 0.6) is 5.75 Å². The first kappa shape index (κ1) is 36.3. The van der Waals surface area contributed by atoms with Gasteiger partial charge in [-0.15, -0.1) is 0 Å². The molecule has 0 spiro atoms. The number of carbonyl (C=O) groups excluding carboxylic acids is 1. The van der Waals surface area contributed by atoms with Crippen molar-refractivity contribution in [2.45, 2.75) is 142 Å². The quantitative estimate of drug-likeness (QED) is 0.0693. The number of fused-ring (bicyclic) bond motifs is 1. The number of benzene rings is 2. The Balaban J connectivity index is 1.39. The SMILES string of the molecule is CCCCCCCCCCCCOC(=O)c1ccc2c(=O)oc(-c3ccc(OCCCCCCCCCCCC)cc3)nc2c1. The number of hydrogen-bond acceptors (Lipinski definition) is 6. The van der Waals surface area contributed by atoms with Gasteiger partial charge in [-0.1, -0.05) is 129 Å². The molecule has 45 heavy (non-hydrogen) atoms. The third kappa shape index (κ3) is 14.2. The number of hydrogen-bond donors (Lipinski definition) is 0. The highest BCUT2D eigenvalue weighted by molar-refractivity contribution is 5.94. The summed E-state index contributed by atoms with van der Waals surface area (Å²) in [4.78, 5) is 29.9. The van der Waals surface area contributed by atoms with Crippen molar-refractivity contribution in [2.24, 2.45) is 0 Å². The van der Waals surface area contributed by atoms with Crippen molar-refractivity contribution in [2.75, 3.05) is 13.2 Å². The number of unbranched alkanes of at least 4 members (excludes halogenated alkanes) is 18. The lowest BCUT2D eigenvalue weighted by molar-refractivity contribution is 0.0497. The minimum absolute atomic E-state index is 0.213. The summed E-state index contributed by atoms with van der Waals surface area (Å²) in [6.07, 6.45) is 25.2. The number of rotatable bonds is 25. The van der Waals surface area contributed by atoms with Gasteiger partial charge < -0.3 is 13.9 Å². The minimum Gasteiger partial charge on any atom is -0.494 e. The van der Waals surface area contributed by atoms with Crippen molar-refractivity contribution in [1.82, 2.24) is 4.98 Å². The summed E-state index contributed by atoms with van der Waals surface area (Å²) in [6.45, 7) is 5.59. The van der Waals surface area contributed by atoms with E-state index in [0.29, 0.717) is 35.2 Å². The fraction of sp³-hybridized carbons (Fsp3) is 0.615. The Labute approximate surface area is 271 Å². The van der Waals surface area contributed by atoms with Crippen molar-refractivity contribution in [1.29, 1.82) is 0 Å². The molecule has 0 aliphatic rings. The lowest BCUT2D eigenvalue weighted by Crippen LogP contribution is -2.08. The molecule has 0 amide bonds. The monoisotopic (exact) mass is 619 g/mol. The highest BCUT2D eigenvalue weighted by Crippen LogP contribution is 2.23. The second-order valence-electron chi connectivity index (χ2n) is 12.4. The summed E-state index contributed by atoms with van der Waals surface area (Å²) >= 11 is 0. The van der Waals surface area contributed by atoms with E-state index in [0.717, 1.165) is 25.0 Å². The van der Waals surface area contributed by atoms with Crippen LogP contribution in [0.3, 0.4) is 0 Å². The summed E-state index contributed by atoms with van der Waals surface area (Å²) in [5.41, 5.74) is 0.987. The van der Waals surface area contributed by atoms with Crippen LogP contribution in [0.25, 0.3) is 22.4 Å². The molecular formula is C39H57NO5. The molecule has 3 rings (SSSR count). The zero-order chi connectivity index (χ0) is 32.0. The van der Waals surface area contributed by atoms with Gasteiger partial charge in [0.1, 0.15) is 5.75 Å². The van der Waals surface area contributed by atoms with E-state index in [4.69, 9.17) is 13.9 Å². The van der Waals surface area contributed by atoms with E-state index < -0.39 is 11.6 Å². The molecule has 0 bridgehead atoms. The normalized spacial score (nSPS) is 11.2. The van der Waals surface area contributed by atoms with Crippen molar-refractivity contribution in [3.8, 4) is 17.2 Å². The summed E-state index contributed by atoms with van der Waals surface area (Å²) in [5.74, 6) is 0.600. The molecule has 0 aliphatic carbocycles. The molecule has 0 unspecified atom stereocenters. The largest absolute Gasteiger partial charge is 0.494 e. The van der Waals surface area contributed by atoms with Gasteiger partial charge in [0, 0.05) is 5.56 Å². The highest BCUT2D eigenvalue weighted by Gasteiger charge is 2.13. The minimum atomic E-state index is -0.485. The van der Waals surface area contributed by atoms with Crippen LogP contribution in [0.4, 0.5) is 0 Å². The maximum Gasteiger partial charge on any atom is 0.347 e. The van der Waals surface area contributed by atoms with E-state index in [2.05, 4.69) is 18.8 Å². The van der Waals surface area contributed by atoms with E-state index in [1.165, 1.54) is 109 Å². The molecule has 0 saturated carbocycles. The fourth-order valence-electron chi connectivity index (χ4n) is 5.63. The number of ether oxygens (including phenoxy) is 2. The van der Waals surface area contributed by atoms with E-state index in [1.807, 2.05) is 24.3 Å². The van der Waals surface area contributed by atoms with Gasteiger partial charge in [-0.05, 0) is 55.3 Å².